The Morgan fingerprint density at radius 1 is 0.792 bits per heavy atom. The molecule has 3 aliphatic carbocycles. The number of carbonyl (C=O) groups is 4. The zero-order valence-corrected chi connectivity index (χ0v) is 27.4. The molecule has 0 spiro atoms. The minimum Gasteiger partial charge on any atom is -0.507 e. The van der Waals surface area contributed by atoms with Crippen LogP contribution in [0.15, 0.2) is 84.4 Å². The van der Waals surface area contributed by atoms with Gasteiger partial charge in [-0.2, -0.15) is 5.01 Å². The molecule has 8 heteroatoms. The van der Waals surface area contributed by atoms with Gasteiger partial charge in [0.05, 0.1) is 28.9 Å². The van der Waals surface area contributed by atoms with Crippen LogP contribution in [0.5, 0.6) is 5.75 Å². The lowest BCUT2D eigenvalue weighted by atomic mass is 9.49. The Morgan fingerprint density at radius 3 is 2.25 bits per heavy atom. The Labute approximate surface area is 280 Å². The fraction of sp³-hybridized carbons (Fsp3) is 0.400. The summed E-state index contributed by atoms with van der Waals surface area (Å²) in [5.41, 5.74) is 6.15. The highest BCUT2D eigenvalue weighted by molar-refractivity contribution is 6.13. The van der Waals surface area contributed by atoms with Gasteiger partial charge in [-0.05, 0) is 68.7 Å². The molecule has 3 aromatic carbocycles. The van der Waals surface area contributed by atoms with E-state index < -0.39 is 40.9 Å². The van der Waals surface area contributed by atoms with E-state index >= 15 is 4.79 Å². The number of hydrogen-bond donors (Lipinski definition) is 2. The molecule has 6 atom stereocenters. The van der Waals surface area contributed by atoms with E-state index in [-0.39, 0.29) is 35.9 Å². The Balaban J connectivity index is 1.31. The molecule has 4 amide bonds. The molecule has 2 N–H and O–H groups in total. The lowest BCUT2D eigenvalue weighted by Gasteiger charge is -2.50. The van der Waals surface area contributed by atoms with E-state index in [0.717, 1.165) is 48.2 Å². The molecular weight excluding hydrogens is 602 g/mol. The minimum absolute atomic E-state index is 0.0723. The third-order valence-corrected chi connectivity index (χ3v) is 11.9. The molecule has 0 aromatic heterocycles. The van der Waals surface area contributed by atoms with E-state index in [9.17, 15) is 19.5 Å². The summed E-state index contributed by atoms with van der Waals surface area (Å²) in [5.74, 6) is -4.04. The topological polar surface area (TPSA) is 107 Å². The number of aryl methyl sites for hydroxylation is 2. The SMILES string of the molecule is Cc1ccc(NN2C(=O)[C@@H]3C[C@@H]4C(=CC[C@@H]5C(=O)N(C6CCCCC6)C(=O)[C@@H]54)[C@H](c4cccc(C)c4O)[C@]3(c3ccccc3)C2=O)cc1. The van der Waals surface area contributed by atoms with Crippen molar-refractivity contribution in [2.45, 2.75) is 76.2 Å². The number of carbonyl (C=O) groups excluding carboxylic acids is 4. The van der Waals surface area contributed by atoms with Gasteiger partial charge in [0, 0.05) is 17.5 Å². The number of imide groups is 2. The quantitative estimate of drug-likeness (QED) is 0.249. The number of hydrogen-bond acceptors (Lipinski definition) is 6. The zero-order valence-electron chi connectivity index (χ0n) is 27.4. The van der Waals surface area contributed by atoms with Crippen LogP contribution < -0.4 is 5.43 Å². The minimum atomic E-state index is -1.40. The number of aromatic hydroxyl groups is 1. The second-order valence-corrected chi connectivity index (χ2v) is 14.4. The standard InChI is InChI=1S/C40H41N3O5/c1-23-16-18-26(19-17-23)41-43-37(46)32-22-31-28(20-21-29-33(31)38(47)42(36(29)45)27-13-7-4-8-14-27)34(30-15-9-10-24(2)35(30)44)40(32,39(43)48)25-11-5-3-6-12-25/h3,5-6,9-12,15-20,27,29,31-34,41,44H,4,7-8,13-14,21-22H2,1-2H3/t29-,31+,32-,33-,34+,40+/m0/s1. The molecule has 5 aliphatic rings. The molecule has 3 aromatic rings. The molecule has 0 bridgehead atoms. The van der Waals surface area contributed by atoms with Gasteiger partial charge in [0.15, 0.2) is 0 Å². The molecule has 246 valence electrons. The number of phenolic OH excluding ortho intramolecular Hbond substituents is 1. The maximum Gasteiger partial charge on any atom is 0.260 e. The van der Waals surface area contributed by atoms with Crippen molar-refractivity contribution < 1.29 is 24.3 Å². The lowest BCUT2D eigenvalue weighted by molar-refractivity contribution is -0.144. The number of nitrogens with zero attached hydrogens (tertiary/aromatic N) is 2. The summed E-state index contributed by atoms with van der Waals surface area (Å²) in [6.45, 7) is 3.80. The number of nitrogens with one attached hydrogen (secondary N) is 1. The maximum absolute atomic E-state index is 15.2. The molecule has 2 saturated carbocycles. The summed E-state index contributed by atoms with van der Waals surface area (Å²) in [6.07, 6.45) is 7.46. The van der Waals surface area contributed by atoms with Crippen molar-refractivity contribution in [1.29, 1.82) is 0 Å². The van der Waals surface area contributed by atoms with E-state index in [0.29, 0.717) is 28.8 Å². The first-order chi connectivity index (χ1) is 23.2. The number of para-hydroxylation sites is 1. The van der Waals surface area contributed by atoms with Gasteiger partial charge in [0.1, 0.15) is 5.75 Å². The molecular formula is C40H41N3O5. The predicted octanol–water partition coefficient (Wildman–Crippen LogP) is 6.33. The van der Waals surface area contributed by atoms with Crippen LogP contribution in [0.1, 0.15) is 73.1 Å². The predicted molar refractivity (Wildman–Crippen MR) is 180 cm³/mol. The highest BCUT2D eigenvalue weighted by Crippen LogP contribution is 2.65. The second kappa shape index (κ2) is 11.5. The second-order valence-electron chi connectivity index (χ2n) is 14.4. The first-order valence-electron chi connectivity index (χ1n) is 17.4. The van der Waals surface area contributed by atoms with Crippen molar-refractivity contribution in [2.24, 2.45) is 23.7 Å². The maximum atomic E-state index is 15.2. The van der Waals surface area contributed by atoms with Crippen LogP contribution >= 0.6 is 0 Å². The van der Waals surface area contributed by atoms with E-state index in [2.05, 4.69) is 11.5 Å². The van der Waals surface area contributed by atoms with Crippen LogP contribution in [0.2, 0.25) is 0 Å². The van der Waals surface area contributed by atoms with Gasteiger partial charge < -0.3 is 5.11 Å². The fourth-order valence-corrected chi connectivity index (χ4v) is 9.73. The zero-order chi connectivity index (χ0) is 33.3. The van der Waals surface area contributed by atoms with Crippen molar-refractivity contribution in [3.63, 3.8) is 0 Å². The van der Waals surface area contributed by atoms with Crippen molar-refractivity contribution in [2.75, 3.05) is 5.43 Å². The van der Waals surface area contributed by atoms with Gasteiger partial charge in [0.25, 0.3) is 11.8 Å². The van der Waals surface area contributed by atoms with Gasteiger partial charge in [-0.3, -0.25) is 29.5 Å². The number of hydrazine groups is 1. The normalized spacial score (nSPS) is 30.2. The van der Waals surface area contributed by atoms with Crippen molar-refractivity contribution >= 4 is 29.3 Å². The molecule has 2 saturated heterocycles. The summed E-state index contributed by atoms with van der Waals surface area (Å²) in [5, 5.41) is 12.9. The van der Waals surface area contributed by atoms with Gasteiger partial charge in [0.2, 0.25) is 11.8 Å². The van der Waals surface area contributed by atoms with Crippen LogP contribution in [-0.4, -0.2) is 44.7 Å². The van der Waals surface area contributed by atoms with Gasteiger partial charge >= 0.3 is 0 Å². The number of allylic oxidation sites excluding steroid dienone is 2. The molecule has 4 fully saturated rings. The number of amides is 4. The Morgan fingerprint density at radius 2 is 1.52 bits per heavy atom. The van der Waals surface area contributed by atoms with E-state index in [4.69, 9.17) is 0 Å². The molecule has 2 aliphatic heterocycles. The van der Waals surface area contributed by atoms with E-state index in [1.54, 1.807) is 4.90 Å². The van der Waals surface area contributed by atoms with Gasteiger partial charge in [-0.1, -0.05) is 97.1 Å². The smallest absolute Gasteiger partial charge is 0.260 e. The number of rotatable bonds is 5. The highest BCUT2D eigenvalue weighted by Gasteiger charge is 2.70. The van der Waals surface area contributed by atoms with Crippen molar-refractivity contribution in [1.82, 2.24) is 9.91 Å². The fourth-order valence-electron chi connectivity index (χ4n) is 9.73. The third-order valence-electron chi connectivity index (χ3n) is 11.9. The number of fused-ring (bicyclic) bond motifs is 4. The Bertz CT molecular complexity index is 1850. The summed E-state index contributed by atoms with van der Waals surface area (Å²) < 4.78 is 0. The lowest BCUT2D eigenvalue weighted by Crippen LogP contribution is -2.53. The van der Waals surface area contributed by atoms with Crippen LogP contribution in [0.3, 0.4) is 0 Å². The largest absolute Gasteiger partial charge is 0.507 e. The summed E-state index contributed by atoms with van der Waals surface area (Å²) >= 11 is 0. The number of phenols is 1. The molecule has 2 heterocycles. The highest BCUT2D eigenvalue weighted by atomic mass is 16.3. The third kappa shape index (κ3) is 4.34. The monoisotopic (exact) mass is 643 g/mol. The Kier molecular flexibility index (Phi) is 7.31. The average molecular weight is 644 g/mol. The first-order valence-corrected chi connectivity index (χ1v) is 17.4. The van der Waals surface area contributed by atoms with Crippen molar-refractivity contribution in [3.8, 4) is 5.75 Å². The first kappa shape index (κ1) is 30.6. The summed E-state index contributed by atoms with van der Waals surface area (Å²) in [4.78, 5) is 59.9. The van der Waals surface area contributed by atoms with Gasteiger partial charge in [-0.15, -0.1) is 0 Å². The van der Waals surface area contributed by atoms with Crippen LogP contribution in [-0.2, 0) is 24.6 Å². The molecule has 0 unspecified atom stereocenters. The van der Waals surface area contributed by atoms with Crippen molar-refractivity contribution in [3.05, 3.63) is 107 Å². The van der Waals surface area contributed by atoms with E-state index in [1.165, 1.54) is 0 Å². The molecule has 0 radical (unpaired) electrons. The summed E-state index contributed by atoms with van der Waals surface area (Å²) in [7, 11) is 0. The van der Waals surface area contributed by atoms with E-state index in [1.807, 2.05) is 86.6 Å². The van der Waals surface area contributed by atoms with Crippen LogP contribution in [0, 0.1) is 37.5 Å². The molecule has 8 rings (SSSR count). The van der Waals surface area contributed by atoms with Crippen LogP contribution in [0.25, 0.3) is 0 Å². The summed E-state index contributed by atoms with van der Waals surface area (Å²) in [6, 6.07) is 22.4. The number of benzene rings is 3. The van der Waals surface area contributed by atoms with Gasteiger partial charge in [-0.25, -0.2) is 0 Å². The molecule has 48 heavy (non-hydrogen) atoms. The Hall–Kier alpha value is -4.72. The van der Waals surface area contributed by atoms with Crippen LogP contribution in [0.4, 0.5) is 5.69 Å². The number of likely N-dealkylation sites (tertiary alicyclic amines) is 1. The molecule has 8 nitrogen and oxygen atoms in total. The average Bonchev–Trinajstić information content (AvgIpc) is 3.48. The number of anilines is 1.